The number of nitrogens with one attached hydrogen (secondary N) is 1. The second-order valence-corrected chi connectivity index (χ2v) is 14.1. The summed E-state index contributed by atoms with van der Waals surface area (Å²) in [4.78, 5) is 52.1. The summed E-state index contributed by atoms with van der Waals surface area (Å²) >= 11 is 0. The van der Waals surface area contributed by atoms with Gasteiger partial charge in [-0.25, -0.2) is 19.6 Å². The van der Waals surface area contributed by atoms with E-state index < -0.39 is 11.6 Å². The van der Waals surface area contributed by atoms with E-state index >= 15 is 0 Å². The first-order chi connectivity index (χ1) is 24.1. The molecule has 1 unspecified atom stereocenters. The number of aromatic nitrogens is 5. The summed E-state index contributed by atoms with van der Waals surface area (Å²) in [6, 6.07) is 21.4. The van der Waals surface area contributed by atoms with Crippen LogP contribution in [0.1, 0.15) is 72.9 Å². The van der Waals surface area contributed by atoms with Gasteiger partial charge >= 0.3 is 11.7 Å². The molecule has 50 heavy (non-hydrogen) atoms. The van der Waals surface area contributed by atoms with Crippen molar-refractivity contribution in [1.29, 1.82) is 0 Å². The number of likely N-dealkylation sites (tertiary alicyclic amines) is 1. The van der Waals surface area contributed by atoms with E-state index in [1.807, 2.05) is 76.3 Å². The van der Waals surface area contributed by atoms with Crippen molar-refractivity contribution in [3.63, 3.8) is 0 Å². The van der Waals surface area contributed by atoms with Gasteiger partial charge in [-0.1, -0.05) is 42.5 Å². The number of imidazole rings is 2. The number of nitrogens with zero attached hydrogens (tertiary/aromatic N) is 6. The van der Waals surface area contributed by atoms with Gasteiger partial charge in [0, 0.05) is 39.4 Å². The van der Waals surface area contributed by atoms with E-state index in [0.29, 0.717) is 56.1 Å². The molecule has 3 aromatic heterocycles. The quantitative estimate of drug-likeness (QED) is 0.230. The molecule has 0 aliphatic carbocycles. The zero-order valence-electron chi connectivity index (χ0n) is 29.0. The number of amides is 1. The molecule has 2 saturated heterocycles. The van der Waals surface area contributed by atoms with Crippen LogP contribution in [0.15, 0.2) is 77.7 Å². The fraction of sp³-hybridized carbons (Fsp3) is 0.395. The number of rotatable bonds is 8. The first kappa shape index (κ1) is 33.4. The molecule has 12 heteroatoms. The minimum Gasteiger partial charge on any atom is -0.455 e. The Labute approximate surface area is 290 Å². The molecular formula is C38H43N7O5. The lowest BCUT2D eigenvalue weighted by atomic mass is 10.1. The average molecular weight is 678 g/mol. The molecule has 0 radical (unpaired) electrons. The Morgan fingerprint density at radius 2 is 1.68 bits per heavy atom. The van der Waals surface area contributed by atoms with Gasteiger partial charge in [0.15, 0.2) is 5.65 Å². The summed E-state index contributed by atoms with van der Waals surface area (Å²) in [5.41, 5.74) is 3.80. The number of benzene rings is 2. The minimum absolute atomic E-state index is 0.0222. The molecular weight excluding hydrogens is 634 g/mol. The molecule has 1 N–H and O–H groups in total. The van der Waals surface area contributed by atoms with Crippen molar-refractivity contribution in [3.8, 4) is 16.8 Å². The number of carbonyl (C=O) groups is 2. The molecule has 5 aromatic rings. The molecule has 0 bridgehead atoms. The number of hydrogen-bond donors (Lipinski definition) is 1. The number of hydrogen-bond acceptors (Lipinski definition) is 8. The molecule has 2 aromatic carbocycles. The SMILES string of the molecule is Cn1c(C(=O)OC(C)(C)C)cnc1CN1CCC(n2c(=O)n(-c3ccc(-c4ccccc4)cc3)c3ccc(C(=O)NC4CCOCC4)nc32)C1. The molecule has 0 spiro atoms. The van der Waals surface area contributed by atoms with Crippen molar-refractivity contribution < 1.29 is 19.1 Å². The fourth-order valence-electron chi connectivity index (χ4n) is 6.82. The zero-order chi connectivity index (χ0) is 35.0. The Kier molecular flexibility index (Phi) is 9.15. The number of pyridine rings is 1. The standard InChI is InChI=1S/C38H43N7O5/c1-38(2,3)50-36(47)32-22-39-33(42(32)4)24-43-19-16-29(23-43)45-34-31(15-14-30(41-34)35(46)40-27-17-20-49-21-18-27)44(37(45)48)28-12-10-26(11-13-28)25-8-6-5-7-9-25/h5-15,22,27,29H,16-21,23-24H2,1-4H3,(H,40,46). The van der Waals surface area contributed by atoms with Gasteiger partial charge in [-0.05, 0) is 75.4 Å². The van der Waals surface area contributed by atoms with E-state index in [-0.39, 0.29) is 29.4 Å². The van der Waals surface area contributed by atoms with Crippen molar-refractivity contribution in [2.75, 3.05) is 26.3 Å². The van der Waals surface area contributed by atoms with Crippen molar-refractivity contribution in [2.24, 2.45) is 7.05 Å². The number of carbonyl (C=O) groups excluding carboxylic acids is 2. The largest absolute Gasteiger partial charge is 0.455 e. The van der Waals surface area contributed by atoms with E-state index in [2.05, 4.69) is 27.3 Å². The van der Waals surface area contributed by atoms with Crippen LogP contribution in [0.3, 0.4) is 0 Å². The highest BCUT2D eigenvalue weighted by atomic mass is 16.6. The van der Waals surface area contributed by atoms with Crippen LogP contribution < -0.4 is 11.0 Å². The highest BCUT2D eigenvalue weighted by Crippen LogP contribution is 2.28. The topological polar surface area (TPSA) is 126 Å². The summed E-state index contributed by atoms with van der Waals surface area (Å²) < 4.78 is 16.2. The lowest BCUT2D eigenvalue weighted by molar-refractivity contribution is 0.00582. The second kappa shape index (κ2) is 13.7. The van der Waals surface area contributed by atoms with Gasteiger partial charge in [-0.2, -0.15) is 0 Å². The Morgan fingerprint density at radius 1 is 0.960 bits per heavy atom. The van der Waals surface area contributed by atoms with E-state index in [1.165, 1.54) is 0 Å². The van der Waals surface area contributed by atoms with Crippen molar-refractivity contribution >= 4 is 23.0 Å². The smallest absolute Gasteiger partial charge is 0.357 e. The van der Waals surface area contributed by atoms with Gasteiger partial charge in [0.1, 0.15) is 22.8 Å². The summed E-state index contributed by atoms with van der Waals surface area (Å²) in [5.74, 6) is 0.0447. The van der Waals surface area contributed by atoms with Gasteiger partial charge < -0.3 is 19.4 Å². The van der Waals surface area contributed by atoms with Gasteiger partial charge in [0.25, 0.3) is 5.91 Å². The first-order valence-corrected chi connectivity index (χ1v) is 17.2. The molecule has 12 nitrogen and oxygen atoms in total. The number of ether oxygens (including phenoxy) is 2. The second-order valence-electron chi connectivity index (χ2n) is 14.1. The minimum atomic E-state index is -0.612. The highest BCUT2D eigenvalue weighted by molar-refractivity contribution is 5.94. The Hall–Kier alpha value is -5.07. The van der Waals surface area contributed by atoms with Gasteiger partial charge in [-0.3, -0.25) is 18.8 Å². The van der Waals surface area contributed by atoms with Crippen molar-refractivity contribution in [3.05, 3.63) is 101 Å². The lowest BCUT2D eigenvalue weighted by Crippen LogP contribution is -2.39. The van der Waals surface area contributed by atoms with Crippen LogP contribution >= 0.6 is 0 Å². The van der Waals surface area contributed by atoms with E-state index in [0.717, 1.165) is 35.5 Å². The van der Waals surface area contributed by atoms with Crippen LogP contribution in [-0.4, -0.2) is 78.4 Å². The molecule has 1 amide bonds. The molecule has 0 saturated carbocycles. The van der Waals surface area contributed by atoms with Crippen LogP contribution in [-0.2, 0) is 23.1 Å². The molecule has 7 rings (SSSR count). The van der Waals surface area contributed by atoms with E-state index in [9.17, 15) is 14.4 Å². The summed E-state index contributed by atoms with van der Waals surface area (Å²) in [6.45, 7) is 8.51. The van der Waals surface area contributed by atoms with Crippen LogP contribution in [0.2, 0.25) is 0 Å². The predicted molar refractivity (Wildman–Crippen MR) is 189 cm³/mol. The van der Waals surface area contributed by atoms with Crippen LogP contribution in [0.25, 0.3) is 28.0 Å². The van der Waals surface area contributed by atoms with Crippen LogP contribution in [0.5, 0.6) is 0 Å². The van der Waals surface area contributed by atoms with E-state index in [1.54, 1.807) is 26.0 Å². The van der Waals surface area contributed by atoms with Gasteiger partial charge in [0.05, 0.1) is 30.0 Å². The fourth-order valence-corrected chi connectivity index (χ4v) is 6.82. The highest BCUT2D eigenvalue weighted by Gasteiger charge is 2.31. The molecule has 5 heterocycles. The number of fused-ring (bicyclic) bond motifs is 1. The Balaban J connectivity index is 1.20. The van der Waals surface area contributed by atoms with E-state index in [4.69, 9.17) is 14.5 Å². The third-order valence-electron chi connectivity index (χ3n) is 9.41. The maximum atomic E-state index is 14.4. The summed E-state index contributed by atoms with van der Waals surface area (Å²) in [6.07, 6.45) is 3.76. The zero-order valence-corrected chi connectivity index (χ0v) is 29.0. The maximum absolute atomic E-state index is 14.4. The van der Waals surface area contributed by atoms with Crippen LogP contribution in [0, 0.1) is 0 Å². The molecule has 2 aliphatic rings. The van der Waals surface area contributed by atoms with Gasteiger partial charge in [0.2, 0.25) is 0 Å². The molecule has 2 aliphatic heterocycles. The van der Waals surface area contributed by atoms with Crippen molar-refractivity contribution in [2.45, 2.75) is 64.3 Å². The average Bonchev–Trinajstić information content (AvgIpc) is 3.79. The van der Waals surface area contributed by atoms with Crippen molar-refractivity contribution in [1.82, 2.24) is 33.9 Å². The molecule has 1 atom stereocenters. The third kappa shape index (κ3) is 6.86. The van der Waals surface area contributed by atoms with Gasteiger partial charge in [-0.15, -0.1) is 0 Å². The predicted octanol–water partition coefficient (Wildman–Crippen LogP) is 4.90. The third-order valence-corrected chi connectivity index (χ3v) is 9.41. The Bertz CT molecular complexity index is 2070. The van der Waals surface area contributed by atoms with Crippen LogP contribution in [0.4, 0.5) is 0 Å². The maximum Gasteiger partial charge on any atom is 0.357 e. The molecule has 260 valence electrons. The monoisotopic (exact) mass is 677 g/mol. The Morgan fingerprint density at radius 3 is 2.40 bits per heavy atom. The lowest BCUT2D eigenvalue weighted by Gasteiger charge is -2.22. The molecule has 2 fully saturated rings. The first-order valence-electron chi connectivity index (χ1n) is 17.2. The number of esters is 1. The summed E-state index contributed by atoms with van der Waals surface area (Å²) in [7, 11) is 1.81. The normalized spacial score (nSPS) is 17.3. The summed E-state index contributed by atoms with van der Waals surface area (Å²) in [5, 5.41) is 3.10.